The van der Waals surface area contributed by atoms with E-state index in [1.807, 2.05) is 32.2 Å². The quantitative estimate of drug-likeness (QED) is 0.885. The maximum absolute atomic E-state index is 12.4. The van der Waals surface area contributed by atoms with Gasteiger partial charge in [-0.1, -0.05) is 0 Å². The lowest BCUT2D eigenvalue weighted by molar-refractivity contribution is 0.287. The molecule has 1 N–H and O–H groups in total. The number of halogens is 1. The first kappa shape index (κ1) is 14.1. The van der Waals surface area contributed by atoms with Crippen molar-refractivity contribution in [1.29, 1.82) is 0 Å². The second-order valence-corrected chi connectivity index (χ2v) is 5.37. The van der Waals surface area contributed by atoms with Crippen LogP contribution in [0.3, 0.4) is 0 Å². The summed E-state index contributed by atoms with van der Waals surface area (Å²) in [6.07, 6.45) is 2.74. The van der Waals surface area contributed by atoms with Gasteiger partial charge in [-0.15, -0.1) is 0 Å². The highest BCUT2D eigenvalue weighted by atomic mass is 19.1. The Kier molecular flexibility index (Phi) is 4.58. The zero-order valence-electron chi connectivity index (χ0n) is 11.6. The number of rotatable bonds is 5. The normalized spacial score (nSPS) is 20.1. The van der Waals surface area contributed by atoms with E-state index in [9.17, 15) is 9.18 Å². The largest absolute Gasteiger partial charge is 0.378 e. The van der Waals surface area contributed by atoms with Gasteiger partial charge in [0.05, 0.1) is 6.04 Å². The number of pyridine rings is 1. The van der Waals surface area contributed by atoms with Crippen molar-refractivity contribution in [2.24, 2.45) is 0 Å². The standard InChI is InChI=1S/C14H22FN3O/c1-11(2)16-13-4-3-7-18(14(13)19)12-5-8-17(10-12)9-6-15/h3-4,7,11-12,16H,5-6,8-10H2,1-2H3/t12-/m1/s1. The van der Waals surface area contributed by atoms with E-state index in [1.54, 1.807) is 4.57 Å². The molecule has 0 aromatic carbocycles. The maximum Gasteiger partial charge on any atom is 0.274 e. The molecule has 5 heteroatoms. The SMILES string of the molecule is CC(C)Nc1cccn([C@@H]2CCN(CCF)C2)c1=O. The van der Waals surface area contributed by atoms with E-state index in [4.69, 9.17) is 0 Å². The molecule has 0 aliphatic carbocycles. The third-order valence-electron chi connectivity index (χ3n) is 3.46. The molecule has 19 heavy (non-hydrogen) atoms. The molecule has 4 nitrogen and oxygen atoms in total. The number of hydrogen-bond acceptors (Lipinski definition) is 3. The summed E-state index contributed by atoms with van der Waals surface area (Å²) in [4.78, 5) is 14.4. The van der Waals surface area contributed by atoms with Crippen LogP contribution in [0.4, 0.5) is 10.1 Å². The van der Waals surface area contributed by atoms with Crippen molar-refractivity contribution >= 4 is 5.69 Å². The minimum absolute atomic E-state index is 0.0169. The third kappa shape index (κ3) is 3.35. The lowest BCUT2D eigenvalue weighted by atomic mass is 10.2. The van der Waals surface area contributed by atoms with Gasteiger partial charge in [0.1, 0.15) is 12.4 Å². The van der Waals surface area contributed by atoms with Gasteiger partial charge in [-0.05, 0) is 32.4 Å². The summed E-state index contributed by atoms with van der Waals surface area (Å²) in [7, 11) is 0. The Morgan fingerprint density at radius 2 is 2.32 bits per heavy atom. The lowest BCUT2D eigenvalue weighted by Gasteiger charge is -2.17. The summed E-state index contributed by atoms with van der Waals surface area (Å²) in [6, 6.07) is 4.10. The molecule has 1 saturated heterocycles. The molecule has 1 aromatic heterocycles. The molecule has 106 valence electrons. The van der Waals surface area contributed by atoms with Crippen LogP contribution in [0.2, 0.25) is 0 Å². The predicted molar refractivity (Wildman–Crippen MR) is 75.5 cm³/mol. The van der Waals surface area contributed by atoms with Gasteiger partial charge in [-0.2, -0.15) is 0 Å². The van der Waals surface area contributed by atoms with Crippen LogP contribution in [0.25, 0.3) is 0 Å². The fraction of sp³-hybridized carbons (Fsp3) is 0.643. The van der Waals surface area contributed by atoms with Gasteiger partial charge in [0.15, 0.2) is 0 Å². The van der Waals surface area contributed by atoms with E-state index in [0.717, 1.165) is 19.5 Å². The molecular weight excluding hydrogens is 245 g/mol. The van der Waals surface area contributed by atoms with Crippen molar-refractivity contribution in [3.05, 3.63) is 28.7 Å². The second kappa shape index (κ2) is 6.19. The van der Waals surface area contributed by atoms with Crippen molar-refractivity contribution in [2.75, 3.05) is 31.6 Å². The van der Waals surface area contributed by atoms with Crippen LogP contribution in [0.5, 0.6) is 0 Å². The number of anilines is 1. The number of hydrogen-bond donors (Lipinski definition) is 1. The van der Waals surface area contributed by atoms with E-state index in [2.05, 4.69) is 10.2 Å². The van der Waals surface area contributed by atoms with Gasteiger partial charge < -0.3 is 9.88 Å². The van der Waals surface area contributed by atoms with Gasteiger partial charge in [0.2, 0.25) is 0 Å². The third-order valence-corrected chi connectivity index (χ3v) is 3.46. The smallest absolute Gasteiger partial charge is 0.274 e. The van der Waals surface area contributed by atoms with Crippen LogP contribution in [0.15, 0.2) is 23.1 Å². The maximum atomic E-state index is 12.4. The molecule has 1 atom stereocenters. The first-order chi connectivity index (χ1) is 9.11. The number of alkyl halides is 1. The van der Waals surface area contributed by atoms with Gasteiger partial charge in [-0.25, -0.2) is 4.39 Å². The fourth-order valence-electron chi connectivity index (χ4n) is 2.58. The molecule has 0 unspecified atom stereocenters. The molecule has 1 aliphatic rings. The molecule has 2 rings (SSSR count). The molecule has 1 aromatic rings. The summed E-state index contributed by atoms with van der Waals surface area (Å²) in [5.74, 6) is 0. The fourth-order valence-corrected chi connectivity index (χ4v) is 2.58. The Bertz CT molecular complexity index is 472. The minimum Gasteiger partial charge on any atom is -0.378 e. The van der Waals surface area contributed by atoms with E-state index in [0.29, 0.717) is 12.2 Å². The molecule has 0 bridgehead atoms. The number of nitrogens with one attached hydrogen (secondary N) is 1. The molecular formula is C14H22FN3O. The first-order valence-corrected chi connectivity index (χ1v) is 6.88. The van der Waals surface area contributed by atoms with Gasteiger partial charge >= 0.3 is 0 Å². The molecule has 0 radical (unpaired) electrons. The van der Waals surface area contributed by atoms with E-state index < -0.39 is 0 Å². The van der Waals surface area contributed by atoms with Crippen molar-refractivity contribution < 1.29 is 4.39 Å². The number of likely N-dealkylation sites (tertiary alicyclic amines) is 1. The Balaban J connectivity index is 2.15. The van der Waals surface area contributed by atoms with Gasteiger partial charge in [0, 0.05) is 31.9 Å². The monoisotopic (exact) mass is 267 g/mol. The van der Waals surface area contributed by atoms with Crippen molar-refractivity contribution in [1.82, 2.24) is 9.47 Å². The topological polar surface area (TPSA) is 37.3 Å². The molecule has 2 heterocycles. The Hall–Kier alpha value is -1.36. The zero-order valence-corrected chi connectivity index (χ0v) is 11.6. The minimum atomic E-state index is -0.323. The molecule has 0 saturated carbocycles. The van der Waals surface area contributed by atoms with Gasteiger partial charge in [0.25, 0.3) is 5.56 Å². The Morgan fingerprint density at radius 3 is 3.00 bits per heavy atom. The van der Waals surface area contributed by atoms with E-state index in [1.165, 1.54) is 0 Å². The van der Waals surface area contributed by atoms with Crippen LogP contribution in [-0.2, 0) is 0 Å². The number of nitrogens with zero attached hydrogens (tertiary/aromatic N) is 2. The van der Waals surface area contributed by atoms with E-state index >= 15 is 0 Å². The Labute approximate surface area is 113 Å². The van der Waals surface area contributed by atoms with Crippen LogP contribution >= 0.6 is 0 Å². The molecule has 0 spiro atoms. The van der Waals surface area contributed by atoms with E-state index in [-0.39, 0.29) is 24.3 Å². The summed E-state index contributed by atoms with van der Waals surface area (Å²) in [5.41, 5.74) is 0.657. The average Bonchev–Trinajstić information content (AvgIpc) is 2.80. The predicted octanol–water partition coefficient (Wildman–Crippen LogP) is 1.88. The lowest BCUT2D eigenvalue weighted by Crippen LogP contribution is -2.30. The van der Waals surface area contributed by atoms with Crippen LogP contribution in [-0.4, -0.2) is 41.8 Å². The van der Waals surface area contributed by atoms with Gasteiger partial charge in [-0.3, -0.25) is 9.69 Å². The summed E-state index contributed by atoms with van der Waals surface area (Å²) < 4.78 is 14.1. The first-order valence-electron chi connectivity index (χ1n) is 6.88. The summed E-state index contributed by atoms with van der Waals surface area (Å²) >= 11 is 0. The molecule has 1 aliphatic heterocycles. The highest BCUT2D eigenvalue weighted by Gasteiger charge is 2.24. The van der Waals surface area contributed by atoms with Crippen molar-refractivity contribution in [3.8, 4) is 0 Å². The summed E-state index contributed by atoms with van der Waals surface area (Å²) in [6.45, 7) is 5.79. The average molecular weight is 267 g/mol. The Morgan fingerprint density at radius 1 is 1.53 bits per heavy atom. The highest BCUT2D eigenvalue weighted by molar-refractivity contribution is 5.41. The number of aromatic nitrogens is 1. The molecule has 0 amide bonds. The zero-order chi connectivity index (χ0) is 13.8. The van der Waals surface area contributed by atoms with Crippen molar-refractivity contribution in [3.63, 3.8) is 0 Å². The molecule has 1 fully saturated rings. The second-order valence-electron chi connectivity index (χ2n) is 5.37. The van der Waals surface area contributed by atoms with Crippen molar-refractivity contribution in [2.45, 2.75) is 32.4 Å². The van der Waals surface area contributed by atoms with Crippen LogP contribution in [0.1, 0.15) is 26.3 Å². The van der Waals surface area contributed by atoms with Crippen LogP contribution in [0, 0.1) is 0 Å². The van der Waals surface area contributed by atoms with Crippen LogP contribution < -0.4 is 10.9 Å². The highest BCUT2D eigenvalue weighted by Crippen LogP contribution is 2.20. The summed E-state index contributed by atoms with van der Waals surface area (Å²) in [5, 5.41) is 3.17.